The van der Waals surface area contributed by atoms with Crippen molar-refractivity contribution in [3.05, 3.63) is 33.8 Å². The Labute approximate surface area is 101 Å². The summed E-state index contributed by atoms with van der Waals surface area (Å²) in [6.07, 6.45) is 4.68. The summed E-state index contributed by atoms with van der Waals surface area (Å²) in [7, 11) is 0. The van der Waals surface area contributed by atoms with Crippen LogP contribution in [0.2, 0.25) is 10.0 Å². The van der Waals surface area contributed by atoms with Crippen molar-refractivity contribution < 1.29 is 0 Å². The zero-order chi connectivity index (χ0) is 10.9. The van der Waals surface area contributed by atoms with Gasteiger partial charge in [-0.2, -0.15) is 0 Å². The molecule has 0 amide bonds. The maximum absolute atomic E-state index is 6.14. The van der Waals surface area contributed by atoms with Crippen LogP contribution in [0, 0.1) is 5.41 Å². The van der Waals surface area contributed by atoms with Crippen molar-refractivity contribution in [2.45, 2.75) is 25.7 Å². The fraction of sp³-hybridized carbons (Fsp3) is 0.500. The van der Waals surface area contributed by atoms with E-state index in [1.54, 1.807) is 0 Å². The lowest BCUT2D eigenvalue weighted by Gasteiger charge is -2.41. The average Bonchev–Trinajstić information content (AvgIpc) is 2.17. The molecular weight excluding hydrogens is 229 g/mol. The summed E-state index contributed by atoms with van der Waals surface area (Å²) in [5.74, 6) is 0. The monoisotopic (exact) mass is 243 g/mol. The molecule has 3 heteroatoms. The van der Waals surface area contributed by atoms with Crippen molar-refractivity contribution >= 4 is 23.2 Å². The minimum absolute atomic E-state index is 0.286. The van der Waals surface area contributed by atoms with Gasteiger partial charge in [-0.05, 0) is 55.0 Å². The van der Waals surface area contributed by atoms with Gasteiger partial charge in [0.25, 0.3) is 0 Å². The van der Waals surface area contributed by atoms with E-state index in [0.29, 0.717) is 0 Å². The molecule has 0 aliphatic heterocycles. The Hall–Kier alpha value is -0.240. The van der Waals surface area contributed by atoms with Crippen LogP contribution in [0.15, 0.2) is 18.2 Å². The molecule has 0 bridgehead atoms. The molecule has 1 nitrogen and oxygen atoms in total. The van der Waals surface area contributed by atoms with E-state index in [9.17, 15) is 0 Å². The molecule has 15 heavy (non-hydrogen) atoms. The van der Waals surface area contributed by atoms with Crippen LogP contribution in [0.5, 0.6) is 0 Å². The first-order valence-corrected chi connectivity index (χ1v) is 6.05. The standard InChI is InChI=1S/C12H15Cl2N/c13-10-2-3-11(14)9(6-10)7-12(8-15)4-1-5-12/h2-3,6H,1,4-5,7-8,15H2. The molecule has 1 aliphatic carbocycles. The molecule has 0 atom stereocenters. The van der Waals surface area contributed by atoms with Gasteiger partial charge in [0.05, 0.1) is 0 Å². The predicted molar refractivity (Wildman–Crippen MR) is 65.5 cm³/mol. The molecule has 0 radical (unpaired) electrons. The fourth-order valence-electron chi connectivity index (χ4n) is 2.21. The van der Waals surface area contributed by atoms with E-state index in [1.165, 1.54) is 19.3 Å². The van der Waals surface area contributed by atoms with Gasteiger partial charge in [0, 0.05) is 10.0 Å². The van der Waals surface area contributed by atoms with Gasteiger partial charge in [-0.15, -0.1) is 0 Å². The van der Waals surface area contributed by atoms with Crippen molar-refractivity contribution in [1.29, 1.82) is 0 Å². The Morgan fingerprint density at radius 1 is 1.27 bits per heavy atom. The molecule has 1 aromatic rings. The summed E-state index contributed by atoms with van der Waals surface area (Å²) in [5, 5.41) is 1.56. The minimum Gasteiger partial charge on any atom is -0.330 e. The molecule has 0 spiro atoms. The Morgan fingerprint density at radius 2 is 2.00 bits per heavy atom. The number of rotatable bonds is 3. The molecule has 2 N–H and O–H groups in total. The van der Waals surface area contributed by atoms with Crippen LogP contribution in [0.25, 0.3) is 0 Å². The third-order valence-corrected chi connectivity index (χ3v) is 4.02. The number of benzene rings is 1. The predicted octanol–water partition coefficient (Wildman–Crippen LogP) is 3.66. The Balaban J connectivity index is 2.19. The summed E-state index contributed by atoms with van der Waals surface area (Å²) in [6, 6.07) is 5.64. The van der Waals surface area contributed by atoms with Crippen molar-refractivity contribution in [2.24, 2.45) is 11.1 Å². The summed E-state index contributed by atoms with van der Waals surface area (Å²) < 4.78 is 0. The third-order valence-electron chi connectivity index (χ3n) is 3.42. The number of nitrogens with two attached hydrogens (primary N) is 1. The zero-order valence-electron chi connectivity index (χ0n) is 8.60. The van der Waals surface area contributed by atoms with Crippen molar-refractivity contribution in [3.63, 3.8) is 0 Å². The summed E-state index contributed by atoms with van der Waals surface area (Å²) in [6.45, 7) is 0.746. The number of hydrogen-bond donors (Lipinski definition) is 1. The SMILES string of the molecule is NCC1(Cc2cc(Cl)ccc2Cl)CCC1. The van der Waals surface area contributed by atoms with Gasteiger partial charge in [-0.1, -0.05) is 29.6 Å². The number of halogens is 2. The lowest BCUT2D eigenvalue weighted by atomic mass is 9.65. The number of hydrogen-bond acceptors (Lipinski definition) is 1. The highest BCUT2D eigenvalue weighted by Gasteiger charge is 2.35. The van der Waals surface area contributed by atoms with Crippen LogP contribution in [0.1, 0.15) is 24.8 Å². The topological polar surface area (TPSA) is 26.0 Å². The molecule has 1 aliphatic rings. The molecule has 0 aromatic heterocycles. The minimum atomic E-state index is 0.286. The van der Waals surface area contributed by atoms with Gasteiger partial charge in [-0.25, -0.2) is 0 Å². The van der Waals surface area contributed by atoms with E-state index in [-0.39, 0.29) is 5.41 Å². The summed E-state index contributed by atoms with van der Waals surface area (Å²) in [4.78, 5) is 0. The lowest BCUT2D eigenvalue weighted by Crippen LogP contribution is -2.39. The summed E-state index contributed by atoms with van der Waals surface area (Å²) in [5.41, 5.74) is 7.25. The third kappa shape index (κ3) is 2.30. The molecule has 1 fully saturated rings. The maximum atomic E-state index is 6.14. The average molecular weight is 244 g/mol. The zero-order valence-corrected chi connectivity index (χ0v) is 10.1. The van der Waals surface area contributed by atoms with Gasteiger partial charge in [0.2, 0.25) is 0 Å². The van der Waals surface area contributed by atoms with Crippen LogP contribution < -0.4 is 5.73 Å². The van der Waals surface area contributed by atoms with Crippen LogP contribution >= 0.6 is 23.2 Å². The molecular formula is C12H15Cl2N. The van der Waals surface area contributed by atoms with Crippen LogP contribution in [0.3, 0.4) is 0 Å². The first kappa shape index (κ1) is 11.3. The molecule has 0 heterocycles. The molecule has 0 unspecified atom stereocenters. The Morgan fingerprint density at radius 3 is 2.53 bits per heavy atom. The van der Waals surface area contributed by atoms with E-state index in [1.807, 2.05) is 18.2 Å². The van der Waals surface area contributed by atoms with Gasteiger partial charge >= 0.3 is 0 Å². The van der Waals surface area contributed by atoms with Crippen molar-refractivity contribution in [2.75, 3.05) is 6.54 Å². The smallest absolute Gasteiger partial charge is 0.0439 e. The summed E-state index contributed by atoms with van der Waals surface area (Å²) >= 11 is 12.1. The molecule has 1 aromatic carbocycles. The Kier molecular flexibility index (Phi) is 3.24. The fourth-order valence-corrected chi connectivity index (χ4v) is 2.59. The second kappa shape index (κ2) is 4.32. The highest BCUT2D eigenvalue weighted by atomic mass is 35.5. The van der Waals surface area contributed by atoms with Gasteiger partial charge in [-0.3, -0.25) is 0 Å². The van der Waals surface area contributed by atoms with E-state index in [0.717, 1.165) is 28.6 Å². The second-order valence-corrected chi connectivity index (χ2v) is 5.31. The molecule has 0 saturated heterocycles. The van der Waals surface area contributed by atoms with E-state index in [2.05, 4.69) is 0 Å². The second-order valence-electron chi connectivity index (χ2n) is 4.47. The first-order valence-electron chi connectivity index (χ1n) is 5.29. The van der Waals surface area contributed by atoms with Gasteiger partial charge < -0.3 is 5.73 Å². The highest BCUT2D eigenvalue weighted by Crippen LogP contribution is 2.43. The van der Waals surface area contributed by atoms with Crippen molar-refractivity contribution in [3.8, 4) is 0 Å². The quantitative estimate of drug-likeness (QED) is 0.862. The van der Waals surface area contributed by atoms with Crippen LogP contribution in [-0.2, 0) is 6.42 Å². The van der Waals surface area contributed by atoms with E-state index in [4.69, 9.17) is 28.9 Å². The van der Waals surface area contributed by atoms with E-state index >= 15 is 0 Å². The van der Waals surface area contributed by atoms with E-state index < -0.39 is 0 Å². The molecule has 82 valence electrons. The van der Waals surface area contributed by atoms with Crippen LogP contribution in [-0.4, -0.2) is 6.54 Å². The maximum Gasteiger partial charge on any atom is 0.0439 e. The Bertz CT molecular complexity index is 353. The van der Waals surface area contributed by atoms with Gasteiger partial charge in [0.1, 0.15) is 0 Å². The van der Waals surface area contributed by atoms with Gasteiger partial charge in [0.15, 0.2) is 0 Å². The van der Waals surface area contributed by atoms with Crippen LogP contribution in [0.4, 0.5) is 0 Å². The molecule has 2 rings (SSSR count). The largest absolute Gasteiger partial charge is 0.330 e. The molecule has 1 saturated carbocycles. The lowest BCUT2D eigenvalue weighted by molar-refractivity contribution is 0.145. The highest BCUT2D eigenvalue weighted by molar-refractivity contribution is 6.33. The first-order chi connectivity index (χ1) is 7.15. The normalized spacial score (nSPS) is 18.6. The van der Waals surface area contributed by atoms with Crippen molar-refractivity contribution in [1.82, 2.24) is 0 Å².